The number of ether oxygens (including phenoxy) is 1. The molecule has 2 aliphatic heterocycles. The molecule has 4 rings (SSSR count). The van der Waals surface area contributed by atoms with Crippen LogP contribution in [0, 0.1) is 6.92 Å². The van der Waals surface area contributed by atoms with Crippen molar-refractivity contribution in [3.8, 4) is 5.75 Å². The van der Waals surface area contributed by atoms with E-state index in [-0.39, 0.29) is 17.4 Å². The van der Waals surface area contributed by atoms with E-state index in [1.807, 2.05) is 23.5 Å². The van der Waals surface area contributed by atoms with Crippen molar-refractivity contribution in [1.82, 2.24) is 10.2 Å². The molecule has 2 aromatic rings. The molecule has 0 aliphatic carbocycles. The monoisotopic (exact) mass is 384 g/mol. The van der Waals surface area contributed by atoms with Crippen molar-refractivity contribution in [3.63, 3.8) is 0 Å². The smallest absolute Gasteiger partial charge is 0.220 e. The first-order valence-corrected chi connectivity index (χ1v) is 10.6. The Labute approximate surface area is 165 Å². The number of nitrogens with one attached hydrogen (secondary N) is 1. The number of benzene rings is 1. The van der Waals surface area contributed by atoms with Crippen LogP contribution >= 0.6 is 11.3 Å². The van der Waals surface area contributed by atoms with E-state index in [0.29, 0.717) is 6.42 Å². The Balaban J connectivity index is 1.46. The second-order valence-electron chi connectivity index (χ2n) is 7.89. The number of piperidine rings is 1. The predicted octanol–water partition coefficient (Wildman–Crippen LogP) is 4.09. The number of fused-ring (bicyclic) bond motifs is 1. The lowest BCUT2D eigenvalue weighted by Gasteiger charge is -2.47. The van der Waals surface area contributed by atoms with E-state index in [9.17, 15) is 4.79 Å². The molecule has 0 radical (unpaired) electrons. The average molecular weight is 385 g/mol. The van der Waals surface area contributed by atoms with Crippen LogP contribution in [0.25, 0.3) is 0 Å². The van der Waals surface area contributed by atoms with Crippen LogP contribution in [0.1, 0.15) is 46.9 Å². The highest BCUT2D eigenvalue weighted by Gasteiger charge is 2.43. The number of aryl methyl sites for hydroxylation is 1. The third kappa shape index (κ3) is 4.04. The predicted molar refractivity (Wildman–Crippen MR) is 109 cm³/mol. The molecule has 27 heavy (non-hydrogen) atoms. The topological polar surface area (TPSA) is 41.6 Å². The van der Waals surface area contributed by atoms with Gasteiger partial charge in [0.15, 0.2) is 0 Å². The van der Waals surface area contributed by atoms with Gasteiger partial charge in [0.1, 0.15) is 11.4 Å². The average Bonchev–Trinajstić information content (AvgIpc) is 3.08. The molecule has 1 amide bonds. The zero-order valence-corrected chi connectivity index (χ0v) is 17.0. The Morgan fingerprint density at radius 1 is 1.26 bits per heavy atom. The number of hydrogen-bond donors (Lipinski definition) is 1. The number of amides is 1. The molecule has 1 saturated heterocycles. The second kappa shape index (κ2) is 7.64. The van der Waals surface area contributed by atoms with Gasteiger partial charge in [0.05, 0.1) is 0 Å². The Morgan fingerprint density at radius 2 is 2.04 bits per heavy atom. The molecule has 1 N–H and O–H groups in total. The normalized spacial score (nSPS) is 21.5. The maximum atomic E-state index is 12.1. The summed E-state index contributed by atoms with van der Waals surface area (Å²) in [5.74, 6) is 1.32. The van der Waals surface area contributed by atoms with Crippen LogP contribution in [0.15, 0.2) is 36.4 Å². The van der Waals surface area contributed by atoms with E-state index in [1.54, 1.807) is 7.05 Å². The molecule has 5 heteroatoms. The molecule has 144 valence electrons. The molecule has 1 aromatic carbocycles. The van der Waals surface area contributed by atoms with Gasteiger partial charge in [-0.25, -0.2) is 0 Å². The minimum Gasteiger partial charge on any atom is -0.487 e. The van der Waals surface area contributed by atoms with Crippen LogP contribution in [0.3, 0.4) is 0 Å². The fourth-order valence-corrected chi connectivity index (χ4v) is 5.40. The maximum Gasteiger partial charge on any atom is 0.220 e. The summed E-state index contributed by atoms with van der Waals surface area (Å²) in [7, 11) is 1.72. The molecular weight excluding hydrogens is 356 g/mol. The van der Waals surface area contributed by atoms with Crippen LogP contribution in [0.5, 0.6) is 5.75 Å². The number of thiophene rings is 1. The minimum atomic E-state index is -0.130. The number of rotatable bonds is 4. The molecule has 1 atom stereocenters. The zero-order valence-electron chi connectivity index (χ0n) is 16.2. The van der Waals surface area contributed by atoms with E-state index >= 15 is 0 Å². The first-order chi connectivity index (χ1) is 13.1. The zero-order chi connectivity index (χ0) is 18.9. The molecule has 3 heterocycles. The van der Waals surface area contributed by atoms with Gasteiger partial charge in [-0.3, -0.25) is 9.69 Å². The Kier molecular flexibility index (Phi) is 5.24. The van der Waals surface area contributed by atoms with E-state index in [2.05, 4.69) is 41.4 Å². The molecule has 0 bridgehead atoms. The minimum absolute atomic E-state index is 0.109. The lowest BCUT2D eigenvalue weighted by Crippen LogP contribution is -2.50. The summed E-state index contributed by atoms with van der Waals surface area (Å²) in [5.41, 5.74) is 1.05. The first-order valence-electron chi connectivity index (χ1n) is 9.83. The summed E-state index contributed by atoms with van der Waals surface area (Å²) in [4.78, 5) is 17.4. The summed E-state index contributed by atoms with van der Waals surface area (Å²) in [6, 6.07) is 12.7. The fourth-order valence-electron chi connectivity index (χ4n) is 4.47. The number of para-hydroxylation sites is 1. The van der Waals surface area contributed by atoms with Crippen molar-refractivity contribution in [2.75, 3.05) is 20.1 Å². The van der Waals surface area contributed by atoms with Gasteiger partial charge in [0.25, 0.3) is 0 Å². The Hall–Kier alpha value is -1.85. The van der Waals surface area contributed by atoms with Crippen molar-refractivity contribution in [2.45, 2.75) is 50.7 Å². The molecule has 1 spiro atoms. The van der Waals surface area contributed by atoms with Crippen molar-refractivity contribution in [1.29, 1.82) is 0 Å². The maximum absolute atomic E-state index is 12.1. The number of carbonyl (C=O) groups is 1. The van der Waals surface area contributed by atoms with Gasteiger partial charge in [-0.15, -0.1) is 11.3 Å². The van der Waals surface area contributed by atoms with Gasteiger partial charge < -0.3 is 10.1 Å². The highest BCUT2D eigenvalue weighted by molar-refractivity contribution is 7.11. The lowest BCUT2D eigenvalue weighted by atomic mass is 9.76. The third-order valence-electron chi connectivity index (χ3n) is 5.96. The van der Waals surface area contributed by atoms with Gasteiger partial charge in [0.2, 0.25) is 5.91 Å². The number of hydrogen-bond acceptors (Lipinski definition) is 4. The fraction of sp³-hybridized carbons (Fsp3) is 0.500. The van der Waals surface area contributed by atoms with Crippen LogP contribution in [-0.4, -0.2) is 36.5 Å². The van der Waals surface area contributed by atoms with Crippen molar-refractivity contribution < 1.29 is 9.53 Å². The molecule has 1 aromatic heterocycles. The standard InChI is InChI=1S/C22H28N2O2S/c1-16-7-8-18(27-16)15-24-11-9-22(10-12-24)14-17(13-21(25)23-2)19-5-3-4-6-20(19)26-22/h3-8,17H,9-15H2,1-2H3,(H,23,25). The van der Waals surface area contributed by atoms with Gasteiger partial charge in [-0.2, -0.15) is 0 Å². The molecule has 4 nitrogen and oxygen atoms in total. The van der Waals surface area contributed by atoms with Crippen LogP contribution in [0.4, 0.5) is 0 Å². The first kappa shape index (κ1) is 18.5. The lowest BCUT2D eigenvalue weighted by molar-refractivity contribution is -0.121. The van der Waals surface area contributed by atoms with Crippen LogP contribution < -0.4 is 10.1 Å². The van der Waals surface area contributed by atoms with Crippen LogP contribution in [-0.2, 0) is 11.3 Å². The van der Waals surface area contributed by atoms with Crippen molar-refractivity contribution in [3.05, 3.63) is 51.7 Å². The molecular formula is C22H28N2O2S. The van der Waals surface area contributed by atoms with E-state index in [1.165, 1.54) is 15.3 Å². The quantitative estimate of drug-likeness (QED) is 0.863. The summed E-state index contributed by atoms with van der Waals surface area (Å²) in [6.07, 6.45) is 3.52. The van der Waals surface area contributed by atoms with E-state index < -0.39 is 0 Å². The highest BCUT2D eigenvalue weighted by Crippen LogP contribution is 2.46. The van der Waals surface area contributed by atoms with Crippen molar-refractivity contribution >= 4 is 17.2 Å². The van der Waals surface area contributed by atoms with Gasteiger partial charge >= 0.3 is 0 Å². The summed E-state index contributed by atoms with van der Waals surface area (Å²) >= 11 is 1.89. The SMILES string of the molecule is CNC(=O)CC1CC2(CCN(Cc3ccc(C)s3)CC2)Oc2ccccc21. The molecule has 1 unspecified atom stereocenters. The largest absolute Gasteiger partial charge is 0.487 e. The van der Waals surface area contributed by atoms with Crippen LogP contribution in [0.2, 0.25) is 0 Å². The Bertz CT molecular complexity index is 808. The van der Waals surface area contributed by atoms with E-state index in [4.69, 9.17) is 4.74 Å². The number of carbonyl (C=O) groups excluding carboxylic acids is 1. The van der Waals surface area contributed by atoms with Gasteiger partial charge in [-0.05, 0) is 49.9 Å². The summed E-state index contributed by atoms with van der Waals surface area (Å²) in [5, 5.41) is 2.78. The summed E-state index contributed by atoms with van der Waals surface area (Å²) < 4.78 is 6.55. The summed E-state index contributed by atoms with van der Waals surface area (Å²) in [6.45, 7) is 5.30. The molecule has 1 fully saturated rings. The third-order valence-corrected chi connectivity index (χ3v) is 6.94. The van der Waals surface area contributed by atoms with Crippen molar-refractivity contribution in [2.24, 2.45) is 0 Å². The number of likely N-dealkylation sites (tertiary alicyclic amines) is 1. The Morgan fingerprint density at radius 3 is 2.74 bits per heavy atom. The molecule has 2 aliphatic rings. The number of nitrogens with zero attached hydrogens (tertiary/aromatic N) is 1. The molecule has 0 saturated carbocycles. The van der Waals surface area contributed by atoms with Gasteiger partial charge in [0, 0.05) is 48.8 Å². The second-order valence-corrected chi connectivity index (χ2v) is 9.26. The van der Waals surface area contributed by atoms with E-state index in [0.717, 1.165) is 44.6 Å². The van der Waals surface area contributed by atoms with Gasteiger partial charge in [-0.1, -0.05) is 18.2 Å². The highest BCUT2D eigenvalue weighted by atomic mass is 32.1.